The summed E-state index contributed by atoms with van der Waals surface area (Å²) in [7, 11) is 0. The van der Waals surface area contributed by atoms with Gasteiger partial charge in [0.15, 0.2) is 0 Å². The lowest BCUT2D eigenvalue weighted by atomic mass is 10.3. The zero-order valence-corrected chi connectivity index (χ0v) is 14.8. The Bertz CT molecular complexity index is 592. The third kappa shape index (κ3) is 4.24. The molecule has 3 rings (SSSR count). The van der Waals surface area contributed by atoms with Crippen molar-refractivity contribution in [3.8, 4) is 0 Å². The van der Waals surface area contributed by atoms with Crippen molar-refractivity contribution in [3.63, 3.8) is 0 Å². The summed E-state index contributed by atoms with van der Waals surface area (Å²) in [6.07, 6.45) is 7.43. The summed E-state index contributed by atoms with van der Waals surface area (Å²) < 4.78 is 10.3. The fourth-order valence-electron chi connectivity index (χ4n) is 2.68. The molecule has 1 fully saturated rings. The number of aromatic nitrogens is 3. The van der Waals surface area contributed by atoms with Gasteiger partial charge >= 0.3 is 0 Å². The van der Waals surface area contributed by atoms with Crippen molar-refractivity contribution in [2.75, 3.05) is 18.1 Å². The van der Waals surface area contributed by atoms with E-state index in [-0.39, 0.29) is 0 Å². The van der Waals surface area contributed by atoms with Crippen LogP contribution in [0.1, 0.15) is 41.4 Å². The normalized spacial score (nSPS) is 15.5. The van der Waals surface area contributed by atoms with Crippen LogP contribution in [-0.4, -0.2) is 33.6 Å². The molecule has 1 aliphatic carbocycles. The minimum Gasteiger partial charge on any atom is -0.376 e. The highest BCUT2D eigenvalue weighted by molar-refractivity contribution is 7.11. The van der Waals surface area contributed by atoms with Crippen LogP contribution >= 0.6 is 22.9 Å². The largest absolute Gasteiger partial charge is 0.376 e. The van der Waals surface area contributed by atoms with Crippen LogP contribution in [0.15, 0.2) is 6.20 Å². The molecule has 5 nitrogen and oxygen atoms in total. The van der Waals surface area contributed by atoms with Crippen molar-refractivity contribution >= 4 is 28.0 Å². The van der Waals surface area contributed by atoms with Crippen LogP contribution in [0.5, 0.6) is 0 Å². The third-order valence-corrected chi connectivity index (χ3v) is 5.57. The van der Waals surface area contributed by atoms with E-state index in [2.05, 4.69) is 26.2 Å². The molecule has 0 aromatic carbocycles. The fraction of sp³-hybridized carbons (Fsp3) is 0.667. The molecule has 1 aliphatic rings. The number of hydrogen-bond donors (Lipinski definition) is 0. The predicted octanol–water partition coefficient (Wildman–Crippen LogP) is 3.58. The maximum Gasteiger partial charge on any atom is 0.205 e. The first-order valence-corrected chi connectivity index (χ1v) is 9.38. The summed E-state index contributed by atoms with van der Waals surface area (Å²) in [4.78, 5) is 12.5. The van der Waals surface area contributed by atoms with E-state index in [1.54, 1.807) is 11.3 Å². The first-order chi connectivity index (χ1) is 10.7. The van der Waals surface area contributed by atoms with Gasteiger partial charge in [0.2, 0.25) is 5.13 Å². The zero-order chi connectivity index (χ0) is 15.4. The van der Waals surface area contributed by atoms with Crippen LogP contribution < -0.4 is 4.90 Å². The molecule has 0 saturated heterocycles. The topological polar surface area (TPSA) is 51.1 Å². The Morgan fingerprint density at radius 1 is 1.32 bits per heavy atom. The Hall–Kier alpha value is -1.05. The van der Waals surface area contributed by atoms with Crippen molar-refractivity contribution in [1.82, 2.24) is 14.3 Å². The van der Waals surface area contributed by atoms with Gasteiger partial charge in [0, 0.05) is 29.2 Å². The van der Waals surface area contributed by atoms with Gasteiger partial charge < -0.3 is 9.64 Å². The van der Waals surface area contributed by atoms with Gasteiger partial charge in [-0.2, -0.15) is 4.37 Å². The molecule has 0 spiro atoms. The smallest absolute Gasteiger partial charge is 0.205 e. The quantitative estimate of drug-likeness (QED) is 0.772. The predicted molar refractivity (Wildman–Crippen MR) is 90.8 cm³/mol. The van der Waals surface area contributed by atoms with Gasteiger partial charge in [-0.3, -0.25) is 0 Å². The molecule has 7 heteroatoms. The van der Waals surface area contributed by atoms with E-state index in [4.69, 9.17) is 4.74 Å². The van der Waals surface area contributed by atoms with Crippen molar-refractivity contribution < 1.29 is 4.74 Å². The molecule has 1 saturated carbocycles. The van der Waals surface area contributed by atoms with E-state index in [1.807, 2.05) is 13.1 Å². The first-order valence-electron chi connectivity index (χ1n) is 7.79. The van der Waals surface area contributed by atoms with Crippen molar-refractivity contribution in [3.05, 3.63) is 21.9 Å². The summed E-state index contributed by atoms with van der Waals surface area (Å²) in [6, 6.07) is 0. The molecule has 2 aromatic rings. The Balaban J connectivity index is 1.60. The number of nitrogens with zero attached hydrogens (tertiary/aromatic N) is 4. The van der Waals surface area contributed by atoms with Crippen LogP contribution in [0.4, 0.5) is 5.13 Å². The molecule has 0 bridgehead atoms. The highest BCUT2D eigenvalue weighted by Crippen LogP contribution is 2.23. The van der Waals surface area contributed by atoms with E-state index >= 15 is 0 Å². The van der Waals surface area contributed by atoms with Gasteiger partial charge in [-0.15, -0.1) is 11.3 Å². The molecule has 0 amide bonds. The summed E-state index contributed by atoms with van der Waals surface area (Å²) in [5, 5.41) is 2.08. The van der Waals surface area contributed by atoms with Gasteiger partial charge in [-0.1, -0.05) is 12.8 Å². The monoisotopic (exact) mass is 338 g/mol. The second-order valence-electron chi connectivity index (χ2n) is 5.69. The number of aryl methyl sites for hydroxylation is 2. The standard InChI is InChI=1S/C15H22N4OS2/c1-11-9-16-14(21-11)10-19(15-17-12(2)18-22-15)7-8-20-13-5-3-4-6-13/h9,13H,3-8,10H2,1-2H3. The van der Waals surface area contributed by atoms with Crippen LogP contribution in [0.3, 0.4) is 0 Å². The minimum absolute atomic E-state index is 0.458. The molecule has 2 aromatic heterocycles. The molecule has 22 heavy (non-hydrogen) atoms. The lowest BCUT2D eigenvalue weighted by Gasteiger charge is -2.21. The van der Waals surface area contributed by atoms with Gasteiger partial charge in [-0.25, -0.2) is 9.97 Å². The molecule has 0 radical (unpaired) electrons. The maximum absolute atomic E-state index is 6.00. The summed E-state index contributed by atoms with van der Waals surface area (Å²) in [5.74, 6) is 0.831. The SMILES string of the molecule is Cc1nsc(N(CCOC2CCCC2)Cc2ncc(C)s2)n1. The van der Waals surface area contributed by atoms with Gasteiger partial charge in [-0.05, 0) is 26.7 Å². The number of thiazole rings is 1. The number of anilines is 1. The van der Waals surface area contributed by atoms with E-state index in [1.165, 1.54) is 42.1 Å². The van der Waals surface area contributed by atoms with Crippen LogP contribution in [0.25, 0.3) is 0 Å². The van der Waals surface area contributed by atoms with E-state index in [0.717, 1.165) is 35.7 Å². The molecule has 0 unspecified atom stereocenters. The first kappa shape index (κ1) is 15.8. The summed E-state index contributed by atoms with van der Waals surface area (Å²) in [6.45, 7) is 6.38. The van der Waals surface area contributed by atoms with Crippen LogP contribution in [0, 0.1) is 13.8 Å². The fourth-order valence-corrected chi connectivity index (χ4v) is 4.18. The Morgan fingerprint density at radius 2 is 2.14 bits per heavy atom. The molecule has 0 aliphatic heterocycles. The second kappa shape index (κ2) is 7.48. The van der Waals surface area contributed by atoms with Crippen molar-refractivity contribution in [2.45, 2.75) is 52.2 Å². The number of ether oxygens (including phenoxy) is 1. The van der Waals surface area contributed by atoms with Crippen molar-refractivity contribution in [1.29, 1.82) is 0 Å². The zero-order valence-electron chi connectivity index (χ0n) is 13.1. The van der Waals surface area contributed by atoms with Gasteiger partial charge in [0.25, 0.3) is 0 Å². The maximum atomic E-state index is 6.00. The van der Waals surface area contributed by atoms with E-state index in [9.17, 15) is 0 Å². The van der Waals surface area contributed by atoms with E-state index < -0.39 is 0 Å². The molecular formula is C15H22N4OS2. The number of rotatable bonds is 7. The Labute approximate surface area is 139 Å². The Kier molecular flexibility index (Phi) is 5.38. The molecule has 120 valence electrons. The molecule has 0 atom stereocenters. The average molecular weight is 339 g/mol. The third-order valence-electron chi connectivity index (χ3n) is 3.80. The molecule has 2 heterocycles. The lowest BCUT2D eigenvalue weighted by molar-refractivity contribution is 0.0631. The highest BCUT2D eigenvalue weighted by Gasteiger charge is 2.17. The number of hydrogen-bond acceptors (Lipinski definition) is 7. The Morgan fingerprint density at radius 3 is 2.77 bits per heavy atom. The molecular weight excluding hydrogens is 316 g/mol. The van der Waals surface area contributed by atoms with Crippen LogP contribution in [0.2, 0.25) is 0 Å². The van der Waals surface area contributed by atoms with Gasteiger partial charge in [0.1, 0.15) is 10.8 Å². The van der Waals surface area contributed by atoms with Crippen LogP contribution in [-0.2, 0) is 11.3 Å². The highest BCUT2D eigenvalue weighted by atomic mass is 32.1. The van der Waals surface area contributed by atoms with Gasteiger partial charge in [0.05, 0.1) is 19.3 Å². The second-order valence-corrected chi connectivity index (χ2v) is 7.74. The van der Waals surface area contributed by atoms with Crippen molar-refractivity contribution in [2.24, 2.45) is 0 Å². The van der Waals surface area contributed by atoms with E-state index in [0.29, 0.717) is 6.10 Å². The lowest BCUT2D eigenvalue weighted by Crippen LogP contribution is -2.28. The summed E-state index contributed by atoms with van der Waals surface area (Å²) >= 11 is 3.19. The minimum atomic E-state index is 0.458. The average Bonchev–Trinajstić information content (AvgIpc) is 3.21. The summed E-state index contributed by atoms with van der Waals surface area (Å²) in [5.41, 5.74) is 0. The molecule has 0 N–H and O–H groups in total.